The Labute approximate surface area is 172 Å². The zero-order chi connectivity index (χ0) is 20.6. The molecule has 0 saturated carbocycles. The summed E-state index contributed by atoms with van der Waals surface area (Å²) in [6.45, 7) is 2.51. The van der Waals surface area contributed by atoms with Gasteiger partial charge in [-0.2, -0.15) is 0 Å². The van der Waals surface area contributed by atoms with E-state index < -0.39 is 0 Å². The molecule has 0 aliphatic carbocycles. The Morgan fingerprint density at radius 2 is 2.07 bits per heavy atom. The smallest absolute Gasteiger partial charge is 0.321 e. The van der Waals surface area contributed by atoms with E-state index in [0.29, 0.717) is 35.8 Å². The molecular formula is C19H21N5O4S. The second-order valence-corrected chi connectivity index (χ2v) is 6.77. The molecule has 152 valence electrons. The van der Waals surface area contributed by atoms with Crippen LogP contribution < -0.4 is 24.8 Å². The molecule has 0 saturated heterocycles. The van der Waals surface area contributed by atoms with E-state index in [0.717, 1.165) is 16.1 Å². The number of aryl methyl sites for hydroxylation is 1. The summed E-state index contributed by atoms with van der Waals surface area (Å²) in [5.41, 5.74) is 1.60. The normalized spacial score (nSPS) is 10.3. The molecule has 3 aromatic rings. The number of rotatable bonds is 8. The third-order valence-corrected chi connectivity index (χ3v) is 4.91. The van der Waals surface area contributed by atoms with Gasteiger partial charge >= 0.3 is 6.03 Å². The van der Waals surface area contributed by atoms with E-state index in [9.17, 15) is 4.79 Å². The number of methoxy groups -OCH3 is 2. The van der Waals surface area contributed by atoms with Crippen LogP contribution in [0.2, 0.25) is 0 Å². The molecule has 3 heterocycles. The van der Waals surface area contributed by atoms with Crippen LogP contribution >= 0.6 is 11.3 Å². The van der Waals surface area contributed by atoms with Crippen LogP contribution in [0.25, 0.3) is 10.4 Å². The Morgan fingerprint density at radius 1 is 1.21 bits per heavy atom. The Kier molecular flexibility index (Phi) is 6.80. The summed E-state index contributed by atoms with van der Waals surface area (Å²) < 4.78 is 15.9. The standard InChI is InChI=1S/C19H21N5O4S/c1-12-16(13-10-14(26-2)17(27-3)22-11-13)29-19(23-12)24-18(25)21-8-9-28-15-6-4-5-7-20-15/h4-7,10-11H,8-9H2,1-3H3,(H2,21,23,24,25). The van der Waals surface area contributed by atoms with Crippen molar-refractivity contribution in [2.75, 3.05) is 32.7 Å². The van der Waals surface area contributed by atoms with Gasteiger partial charge in [-0.05, 0) is 19.1 Å². The number of pyridine rings is 2. The van der Waals surface area contributed by atoms with E-state index in [2.05, 4.69) is 25.6 Å². The van der Waals surface area contributed by atoms with Gasteiger partial charge in [0.05, 0.1) is 31.3 Å². The van der Waals surface area contributed by atoms with Crippen molar-refractivity contribution in [1.82, 2.24) is 20.3 Å². The number of amides is 2. The number of hydrogen-bond donors (Lipinski definition) is 2. The van der Waals surface area contributed by atoms with Crippen molar-refractivity contribution >= 4 is 22.5 Å². The van der Waals surface area contributed by atoms with Gasteiger partial charge < -0.3 is 19.5 Å². The number of nitrogens with one attached hydrogen (secondary N) is 2. The number of thiazole rings is 1. The summed E-state index contributed by atoms with van der Waals surface area (Å²) in [4.78, 5) is 25.7. The first-order valence-electron chi connectivity index (χ1n) is 8.75. The Hall–Kier alpha value is -3.40. The van der Waals surface area contributed by atoms with Crippen molar-refractivity contribution < 1.29 is 19.0 Å². The second kappa shape index (κ2) is 9.69. The minimum Gasteiger partial charge on any atom is -0.491 e. The van der Waals surface area contributed by atoms with Gasteiger partial charge in [0.2, 0.25) is 5.88 Å². The predicted octanol–water partition coefficient (Wildman–Crippen LogP) is 3.13. The average Bonchev–Trinajstić information content (AvgIpc) is 3.11. The molecule has 2 N–H and O–H groups in total. The summed E-state index contributed by atoms with van der Waals surface area (Å²) in [7, 11) is 3.09. The highest BCUT2D eigenvalue weighted by atomic mass is 32.1. The second-order valence-electron chi connectivity index (χ2n) is 5.77. The van der Waals surface area contributed by atoms with Crippen molar-refractivity contribution in [3.05, 3.63) is 42.4 Å². The summed E-state index contributed by atoms with van der Waals surface area (Å²) in [6.07, 6.45) is 3.33. The van der Waals surface area contributed by atoms with Crippen LogP contribution in [-0.2, 0) is 0 Å². The van der Waals surface area contributed by atoms with Gasteiger partial charge in [0.25, 0.3) is 5.88 Å². The average molecular weight is 415 g/mol. The monoisotopic (exact) mass is 415 g/mol. The van der Waals surface area contributed by atoms with Crippen molar-refractivity contribution in [1.29, 1.82) is 0 Å². The molecule has 3 aromatic heterocycles. The molecule has 29 heavy (non-hydrogen) atoms. The zero-order valence-corrected chi connectivity index (χ0v) is 17.1. The van der Waals surface area contributed by atoms with Crippen molar-refractivity contribution in [2.45, 2.75) is 6.92 Å². The van der Waals surface area contributed by atoms with Gasteiger partial charge in [-0.1, -0.05) is 17.4 Å². The number of hydrogen-bond acceptors (Lipinski definition) is 8. The highest BCUT2D eigenvalue weighted by molar-refractivity contribution is 7.19. The van der Waals surface area contributed by atoms with Crippen LogP contribution in [0, 0.1) is 6.92 Å². The third kappa shape index (κ3) is 5.32. The van der Waals surface area contributed by atoms with E-state index in [-0.39, 0.29) is 6.03 Å². The van der Waals surface area contributed by atoms with Crippen molar-refractivity contribution in [2.24, 2.45) is 0 Å². The van der Waals surface area contributed by atoms with Crippen LogP contribution in [0.4, 0.5) is 9.93 Å². The number of nitrogens with zero attached hydrogens (tertiary/aromatic N) is 3. The molecular weight excluding hydrogens is 394 g/mol. The van der Waals surface area contributed by atoms with Gasteiger partial charge in [-0.25, -0.2) is 19.7 Å². The molecule has 0 bridgehead atoms. The fourth-order valence-electron chi connectivity index (χ4n) is 2.47. The maximum atomic E-state index is 12.1. The topological polar surface area (TPSA) is 107 Å². The lowest BCUT2D eigenvalue weighted by molar-refractivity contribution is 0.246. The molecule has 0 unspecified atom stereocenters. The van der Waals surface area contributed by atoms with Gasteiger partial charge in [0, 0.05) is 24.0 Å². The van der Waals surface area contributed by atoms with Gasteiger partial charge in [0.15, 0.2) is 10.9 Å². The Morgan fingerprint density at radius 3 is 2.79 bits per heavy atom. The first-order valence-corrected chi connectivity index (χ1v) is 9.57. The summed E-state index contributed by atoms with van der Waals surface area (Å²) in [5.74, 6) is 1.44. The molecule has 10 heteroatoms. The van der Waals surface area contributed by atoms with E-state index >= 15 is 0 Å². The Balaban J connectivity index is 1.56. The van der Waals surface area contributed by atoms with E-state index in [1.54, 1.807) is 31.6 Å². The number of urea groups is 1. The maximum Gasteiger partial charge on any atom is 0.321 e. The third-order valence-electron chi connectivity index (χ3n) is 3.79. The SMILES string of the molecule is COc1cc(-c2sc(NC(=O)NCCOc3ccccn3)nc2C)cnc1OC. The van der Waals surface area contributed by atoms with Crippen LogP contribution in [0.15, 0.2) is 36.7 Å². The number of ether oxygens (including phenoxy) is 3. The lowest BCUT2D eigenvalue weighted by Gasteiger charge is -2.07. The van der Waals surface area contributed by atoms with Gasteiger partial charge in [-0.15, -0.1) is 0 Å². The fraction of sp³-hybridized carbons (Fsp3) is 0.263. The minimum atomic E-state index is -0.361. The molecule has 2 amide bonds. The summed E-state index contributed by atoms with van der Waals surface area (Å²) in [5, 5.41) is 5.93. The van der Waals surface area contributed by atoms with Crippen LogP contribution in [0.5, 0.6) is 17.5 Å². The van der Waals surface area contributed by atoms with E-state index in [1.807, 2.05) is 19.1 Å². The van der Waals surface area contributed by atoms with Crippen LogP contribution in [0.3, 0.4) is 0 Å². The zero-order valence-electron chi connectivity index (χ0n) is 16.3. The largest absolute Gasteiger partial charge is 0.491 e. The van der Waals surface area contributed by atoms with Gasteiger partial charge in [0.1, 0.15) is 6.61 Å². The fourth-order valence-corrected chi connectivity index (χ4v) is 3.41. The first kappa shape index (κ1) is 20.3. The maximum absolute atomic E-state index is 12.1. The van der Waals surface area contributed by atoms with Crippen LogP contribution in [0.1, 0.15) is 5.69 Å². The van der Waals surface area contributed by atoms with Crippen LogP contribution in [-0.4, -0.2) is 48.4 Å². The molecule has 0 fully saturated rings. The molecule has 0 spiro atoms. The minimum absolute atomic E-state index is 0.309. The molecule has 0 atom stereocenters. The molecule has 0 radical (unpaired) electrons. The lowest BCUT2D eigenvalue weighted by atomic mass is 10.2. The van der Waals surface area contributed by atoms with Gasteiger partial charge in [-0.3, -0.25) is 5.32 Å². The highest BCUT2D eigenvalue weighted by Gasteiger charge is 2.15. The summed E-state index contributed by atoms with van der Waals surface area (Å²) in [6, 6.07) is 6.86. The number of carbonyl (C=O) groups is 1. The van der Waals surface area contributed by atoms with Crippen molar-refractivity contribution in [3.8, 4) is 28.0 Å². The highest BCUT2D eigenvalue weighted by Crippen LogP contribution is 2.36. The quantitative estimate of drug-likeness (QED) is 0.544. The molecule has 0 aromatic carbocycles. The van der Waals surface area contributed by atoms with E-state index in [4.69, 9.17) is 14.2 Å². The predicted molar refractivity (Wildman–Crippen MR) is 110 cm³/mol. The van der Waals surface area contributed by atoms with E-state index in [1.165, 1.54) is 18.4 Å². The molecule has 3 rings (SSSR count). The molecule has 0 aliphatic rings. The number of anilines is 1. The molecule has 0 aliphatic heterocycles. The molecule has 9 nitrogen and oxygen atoms in total. The number of aromatic nitrogens is 3. The lowest BCUT2D eigenvalue weighted by Crippen LogP contribution is -2.32. The Bertz CT molecular complexity index is 964. The summed E-state index contributed by atoms with van der Waals surface area (Å²) >= 11 is 1.35. The number of carbonyl (C=O) groups excluding carboxylic acids is 1. The van der Waals surface area contributed by atoms with Crippen molar-refractivity contribution in [3.63, 3.8) is 0 Å². The first-order chi connectivity index (χ1) is 14.1.